The van der Waals surface area contributed by atoms with Crippen molar-refractivity contribution >= 4 is 11.6 Å². The lowest BCUT2D eigenvalue weighted by Crippen LogP contribution is -2.36. The van der Waals surface area contributed by atoms with Gasteiger partial charge >= 0.3 is 0 Å². The van der Waals surface area contributed by atoms with Gasteiger partial charge in [0.1, 0.15) is 5.65 Å². The summed E-state index contributed by atoms with van der Waals surface area (Å²) in [5.74, 6) is -0.991. The Kier molecular flexibility index (Phi) is 2.75. The van der Waals surface area contributed by atoms with Gasteiger partial charge in [-0.2, -0.15) is 4.39 Å². The first kappa shape index (κ1) is 13.0. The minimum Gasteiger partial charge on any atom is -0.347 e. The summed E-state index contributed by atoms with van der Waals surface area (Å²) < 4.78 is 15.9. The monoisotopic (exact) mass is 299 g/mol. The van der Waals surface area contributed by atoms with E-state index in [9.17, 15) is 9.18 Å². The summed E-state index contributed by atoms with van der Waals surface area (Å²) in [5.41, 5.74) is 2.89. The zero-order chi connectivity index (χ0) is 15.3. The number of aromatic nitrogens is 4. The van der Waals surface area contributed by atoms with Gasteiger partial charge in [0.05, 0.1) is 24.3 Å². The lowest BCUT2D eigenvalue weighted by molar-refractivity contribution is 0.0721. The topological polar surface area (TPSA) is 66.3 Å². The summed E-state index contributed by atoms with van der Waals surface area (Å²) in [6.45, 7) is 2.70. The van der Waals surface area contributed by atoms with Gasteiger partial charge in [-0.25, -0.2) is 9.97 Å². The Balaban J connectivity index is 1.72. The Labute approximate surface area is 125 Å². The maximum Gasteiger partial charge on any atom is 0.277 e. The molecule has 0 aliphatic carbocycles. The van der Waals surface area contributed by atoms with E-state index in [0.717, 1.165) is 11.4 Å². The van der Waals surface area contributed by atoms with E-state index in [0.29, 0.717) is 30.9 Å². The molecule has 112 valence electrons. The molecule has 0 saturated heterocycles. The minimum absolute atomic E-state index is 0.128. The van der Waals surface area contributed by atoms with Gasteiger partial charge in [0.15, 0.2) is 5.69 Å². The predicted octanol–water partition coefficient (Wildman–Crippen LogP) is 1.70. The lowest BCUT2D eigenvalue weighted by atomic mass is 10.1. The minimum atomic E-state index is -0.603. The molecular formula is C15H14FN5O. The van der Waals surface area contributed by atoms with Gasteiger partial charge in [-0.3, -0.25) is 9.20 Å². The molecule has 3 aromatic rings. The number of hydrogen-bond donors (Lipinski definition) is 1. The second-order valence-electron chi connectivity index (χ2n) is 5.42. The Morgan fingerprint density at radius 3 is 3.09 bits per heavy atom. The summed E-state index contributed by atoms with van der Waals surface area (Å²) in [5, 5.41) is 0. The number of halogens is 1. The number of rotatable bonds is 1. The van der Waals surface area contributed by atoms with Crippen molar-refractivity contribution in [3.05, 3.63) is 53.2 Å². The van der Waals surface area contributed by atoms with Crippen molar-refractivity contribution in [1.29, 1.82) is 0 Å². The molecule has 3 aromatic heterocycles. The highest BCUT2D eigenvalue weighted by Crippen LogP contribution is 2.20. The van der Waals surface area contributed by atoms with Gasteiger partial charge < -0.3 is 9.88 Å². The summed E-state index contributed by atoms with van der Waals surface area (Å²) >= 11 is 0. The van der Waals surface area contributed by atoms with Gasteiger partial charge in [0.2, 0.25) is 5.95 Å². The molecule has 1 N–H and O–H groups in total. The van der Waals surface area contributed by atoms with Crippen LogP contribution in [-0.4, -0.2) is 36.7 Å². The molecule has 22 heavy (non-hydrogen) atoms. The molecule has 0 saturated carbocycles. The molecule has 0 bridgehead atoms. The maximum absolute atomic E-state index is 14.6. The number of imidazole rings is 2. The maximum atomic E-state index is 14.6. The number of carbonyl (C=O) groups is 1. The number of carbonyl (C=O) groups excluding carboxylic acids is 1. The molecule has 1 amide bonds. The van der Waals surface area contributed by atoms with Crippen LogP contribution in [0.2, 0.25) is 0 Å². The van der Waals surface area contributed by atoms with Crippen LogP contribution in [0.15, 0.2) is 24.5 Å². The highest BCUT2D eigenvalue weighted by molar-refractivity contribution is 5.93. The molecule has 4 heterocycles. The number of fused-ring (bicyclic) bond motifs is 2. The van der Waals surface area contributed by atoms with Crippen LogP contribution in [0.5, 0.6) is 0 Å². The van der Waals surface area contributed by atoms with E-state index >= 15 is 0 Å². The van der Waals surface area contributed by atoms with Crippen LogP contribution in [0.3, 0.4) is 0 Å². The van der Waals surface area contributed by atoms with Gasteiger partial charge in [0, 0.05) is 18.7 Å². The summed E-state index contributed by atoms with van der Waals surface area (Å²) in [6.07, 6.45) is 2.28. The second-order valence-corrected chi connectivity index (χ2v) is 5.42. The van der Waals surface area contributed by atoms with Crippen LogP contribution < -0.4 is 0 Å². The van der Waals surface area contributed by atoms with E-state index in [4.69, 9.17) is 0 Å². The fourth-order valence-electron chi connectivity index (χ4n) is 2.88. The van der Waals surface area contributed by atoms with Gasteiger partial charge in [-0.1, -0.05) is 6.07 Å². The van der Waals surface area contributed by atoms with Gasteiger partial charge in [-0.05, 0) is 19.1 Å². The van der Waals surface area contributed by atoms with Crippen molar-refractivity contribution in [2.45, 2.75) is 19.9 Å². The van der Waals surface area contributed by atoms with E-state index < -0.39 is 5.95 Å². The first-order chi connectivity index (χ1) is 10.6. The van der Waals surface area contributed by atoms with Crippen LogP contribution in [0.1, 0.15) is 27.6 Å². The largest absolute Gasteiger partial charge is 0.347 e. The molecule has 7 heteroatoms. The molecule has 0 radical (unpaired) electrons. The average molecular weight is 299 g/mol. The van der Waals surface area contributed by atoms with Crippen molar-refractivity contribution in [1.82, 2.24) is 24.3 Å². The van der Waals surface area contributed by atoms with Crippen molar-refractivity contribution in [2.75, 3.05) is 6.54 Å². The highest BCUT2D eigenvalue weighted by atomic mass is 19.1. The zero-order valence-corrected chi connectivity index (χ0v) is 12.0. The number of nitrogens with one attached hydrogen (secondary N) is 1. The molecule has 1 aliphatic rings. The quantitative estimate of drug-likeness (QED) is 0.744. The van der Waals surface area contributed by atoms with Crippen LogP contribution in [0.4, 0.5) is 4.39 Å². The highest BCUT2D eigenvalue weighted by Gasteiger charge is 2.28. The Hall–Kier alpha value is -2.70. The Bertz CT molecular complexity index is 881. The third kappa shape index (κ3) is 1.82. The smallest absolute Gasteiger partial charge is 0.277 e. The molecule has 0 aromatic carbocycles. The van der Waals surface area contributed by atoms with Crippen molar-refractivity contribution in [3.8, 4) is 0 Å². The van der Waals surface area contributed by atoms with Crippen LogP contribution >= 0.6 is 0 Å². The van der Waals surface area contributed by atoms with Crippen LogP contribution in [0, 0.1) is 12.9 Å². The fourth-order valence-corrected chi connectivity index (χ4v) is 2.88. The number of amides is 1. The van der Waals surface area contributed by atoms with Crippen LogP contribution in [-0.2, 0) is 13.0 Å². The fraction of sp³-hybridized carbons (Fsp3) is 0.267. The number of aryl methyl sites for hydroxylation is 1. The molecule has 0 fully saturated rings. The van der Waals surface area contributed by atoms with Crippen molar-refractivity contribution in [2.24, 2.45) is 0 Å². The number of pyridine rings is 1. The number of aromatic amines is 1. The standard InChI is InChI=1S/C15H14FN5O/c1-9-3-2-4-12-19-13(14(16)21(9)12)15(22)20-6-5-10-11(7-20)18-8-17-10/h2-4,8H,5-7H2,1H3,(H,17,18). The van der Waals surface area contributed by atoms with E-state index in [1.807, 2.05) is 0 Å². The predicted molar refractivity (Wildman–Crippen MR) is 76.9 cm³/mol. The average Bonchev–Trinajstić information content (AvgIpc) is 3.11. The van der Waals surface area contributed by atoms with Crippen molar-refractivity contribution in [3.63, 3.8) is 0 Å². The summed E-state index contributed by atoms with van der Waals surface area (Å²) in [4.78, 5) is 25.6. The van der Waals surface area contributed by atoms with Crippen molar-refractivity contribution < 1.29 is 9.18 Å². The number of H-pyrrole nitrogens is 1. The van der Waals surface area contributed by atoms with E-state index in [2.05, 4.69) is 15.0 Å². The molecule has 0 atom stereocenters. The second kappa shape index (κ2) is 4.66. The van der Waals surface area contributed by atoms with Crippen LogP contribution in [0.25, 0.3) is 5.65 Å². The van der Waals surface area contributed by atoms with Gasteiger partial charge in [-0.15, -0.1) is 0 Å². The van der Waals surface area contributed by atoms with Gasteiger partial charge in [0.25, 0.3) is 5.91 Å². The summed E-state index contributed by atoms with van der Waals surface area (Å²) in [7, 11) is 0. The molecule has 0 spiro atoms. The first-order valence-electron chi connectivity index (χ1n) is 7.09. The molecule has 0 unspecified atom stereocenters. The first-order valence-corrected chi connectivity index (χ1v) is 7.09. The third-order valence-corrected chi connectivity index (χ3v) is 4.05. The number of hydrogen-bond acceptors (Lipinski definition) is 3. The third-order valence-electron chi connectivity index (χ3n) is 4.05. The number of nitrogens with zero attached hydrogens (tertiary/aromatic N) is 4. The zero-order valence-electron chi connectivity index (χ0n) is 12.0. The Morgan fingerprint density at radius 2 is 2.27 bits per heavy atom. The molecule has 1 aliphatic heterocycles. The van der Waals surface area contributed by atoms with E-state index in [1.54, 1.807) is 36.4 Å². The van der Waals surface area contributed by atoms with E-state index in [1.165, 1.54) is 4.40 Å². The lowest BCUT2D eigenvalue weighted by Gasteiger charge is -2.25. The normalized spacial score (nSPS) is 14.4. The Morgan fingerprint density at radius 1 is 1.41 bits per heavy atom. The molecule has 4 rings (SSSR count). The van der Waals surface area contributed by atoms with E-state index in [-0.39, 0.29) is 11.6 Å². The molecule has 6 nitrogen and oxygen atoms in total. The molecular weight excluding hydrogens is 285 g/mol. The SMILES string of the molecule is Cc1cccc2nc(C(=O)N3CCc4nc[nH]c4C3)c(F)n12. The summed E-state index contributed by atoms with van der Waals surface area (Å²) in [6, 6.07) is 5.27.